The van der Waals surface area contributed by atoms with Crippen molar-refractivity contribution in [3.05, 3.63) is 66.2 Å². The van der Waals surface area contributed by atoms with Crippen LogP contribution in [0.4, 0.5) is 0 Å². The third kappa shape index (κ3) is 3.32. The molecule has 1 aromatic heterocycles. The Labute approximate surface area is 152 Å². The van der Waals surface area contributed by atoms with E-state index in [1.54, 1.807) is 6.07 Å². The van der Waals surface area contributed by atoms with E-state index in [1.807, 2.05) is 54.6 Å². The normalized spacial score (nSPS) is 18.7. The molecule has 0 saturated carbocycles. The first-order chi connectivity index (χ1) is 12.5. The Bertz CT molecular complexity index is 1080. The van der Waals surface area contributed by atoms with Gasteiger partial charge in [0.2, 0.25) is 0 Å². The second-order valence-electron chi connectivity index (χ2n) is 6.51. The number of hydrogen-bond donors (Lipinski definition) is 1. The summed E-state index contributed by atoms with van der Waals surface area (Å²) in [6, 6.07) is 18.6. The zero-order chi connectivity index (χ0) is 18.1. The number of pyridine rings is 1. The minimum Gasteiger partial charge on any atom is -0.348 e. The Morgan fingerprint density at radius 3 is 2.50 bits per heavy atom. The summed E-state index contributed by atoms with van der Waals surface area (Å²) in [5, 5.41) is 3.63. The van der Waals surface area contributed by atoms with Crippen LogP contribution in [0.25, 0.3) is 22.2 Å². The number of aromatic nitrogens is 1. The van der Waals surface area contributed by atoms with Crippen molar-refractivity contribution in [1.82, 2.24) is 10.3 Å². The molecule has 1 saturated heterocycles. The lowest BCUT2D eigenvalue weighted by Gasteiger charge is -2.14. The summed E-state index contributed by atoms with van der Waals surface area (Å²) >= 11 is 0. The maximum atomic E-state index is 12.9. The first-order valence-electron chi connectivity index (χ1n) is 8.48. The van der Waals surface area contributed by atoms with E-state index in [2.05, 4.69) is 10.3 Å². The van der Waals surface area contributed by atoms with Crippen molar-refractivity contribution in [2.24, 2.45) is 0 Å². The molecule has 3 aromatic rings. The van der Waals surface area contributed by atoms with Crippen molar-refractivity contribution in [1.29, 1.82) is 0 Å². The highest BCUT2D eigenvalue weighted by molar-refractivity contribution is 7.91. The fourth-order valence-electron chi connectivity index (χ4n) is 3.29. The van der Waals surface area contributed by atoms with Gasteiger partial charge in [-0.05, 0) is 18.6 Å². The Hall–Kier alpha value is -2.73. The number of para-hydroxylation sites is 1. The van der Waals surface area contributed by atoms with Gasteiger partial charge in [0.25, 0.3) is 5.91 Å². The molecule has 6 heteroatoms. The molecule has 0 aliphatic carbocycles. The van der Waals surface area contributed by atoms with E-state index in [0.29, 0.717) is 17.7 Å². The SMILES string of the molecule is O=C(N[C@H]1CCS(=O)(=O)C1)c1cc(-c2ccccc2)nc2ccccc12. The van der Waals surface area contributed by atoms with Crippen molar-refractivity contribution in [3.63, 3.8) is 0 Å². The quantitative estimate of drug-likeness (QED) is 0.773. The fraction of sp³-hybridized carbons (Fsp3) is 0.200. The van der Waals surface area contributed by atoms with Gasteiger partial charge in [-0.1, -0.05) is 48.5 Å². The predicted molar refractivity (Wildman–Crippen MR) is 102 cm³/mol. The van der Waals surface area contributed by atoms with Gasteiger partial charge in [-0.15, -0.1) is 0 Å². The van der Waals surface area contributed by atoms with Crippen molar-refractivity contribution in [2.75, 3.05) is 11.5 Å². The largest absolute Gasteiger partial charge is 0.348 e. The number of rotatable bonds is 3. The predicted octanol–water partition coefficient (Wildman–Crippen LogP) is 2.82. The van der Waals surface area contributed by atoms with Crippen molar-refractivity contribution in [2.45, 2.75) is 12.5 Å². The zero-order valence-electron chi connectivity index (χ0n) is 14.1. The average molecular weight is 366 g/mol. The van der Waals surface area contributed by atoms with Gasteiger partial charge >= 0.3 is 0 Å². The van der Waals surface area contributed by atoms with Gasteiger partial charge in [-0.2, -0.15) is 0 Å². The van der Waals surface area contributed by atoms with E-state index in [-0.39, 0.29) is 23.5 Å². The van der Waals surface area contributed by atoms with Gasteiger partial charge in [0.05, 0.1) is 28.3 Å². The molecule has 1 N–H and O–H groups in total. The van der Waals surface area contributed by atoms with Crippen LogP contribution in [0.1, 0.15) is 16.8 Å². The maximum Gasteiger partial charge on any atom is 0.252 e. The number of hydrogen-bond acceptors (Lipinski definition) is 4. The molecule has 0 spiro atoms. The highest BCUT2D eigenvalue weighted by Gasteiger charge is 2.29. The maximum absolute atomic E-state index is 12.9. The van der Waals surface area contributed by atoms with Gasteiger partial charge in [0.15, 0.2) is 9.84 Å². The average Bonchev–Trinajstić information content (AvgIpc) is 2.99. The monoisotopic (exact) mass is 366 g/mol. The van der Waals surface area contributed by atoms with Crippen LogP contribution in [0.5, 0.6) is 0 Å². The van der Waals surface area contributed by atoms with Crippen LogP contribution >= 0.6 is 0 Å². The summed E-state index contributed by atoms with van der Waals surface area (Å²) in [5.41, 5.74) is 2.89. The Morgan fingerprint density at radius 1 is 1.04 bits per heavy atom. The van der Waals surface area contributed by atoms with Gasteiger partial charge in [0.1, 0.15) is 0 Å². The molecule has 0 unspecified atom stereocenters. The first-order valence-corrected chi connectivity index (χ1v) is 10.3. The van der Waals surface area contributed by atoms with Crippen molar-refractivity contribution < 1.29 is 13.2 Å². The molecule has 1 atom stereocenters. The molecule has 26 heavy (non-hydrogen) atoms. The summed E-state index contributed by atoms with van der Waals surface area (Å²) in [4.78, 5) is 17.5. The molecule has 0 bridgehead atoms. The van der Waals surface area contributed by atoms with E-state index >= 15 is 0 Å². The molecule has 4 rings (SSSR count). The lowest BCUT2D eigenvalue weighted by molar-refractivity contribution is 0.0943. The van der Waals surface area contributed by atoms with E-state index < -0.39 is 9.84 Å². The van der Waals surface area contributed by atoms with E-state index in [0.717, 1.165) is 16.5 Å². The lowest BCUT2D eigenvalue weighted by Crippen LogP contribution is -2.35. The fourth-order valence-corrected chi connectivity index (χ4v) is 4.97. The van der Waals surface area contributed by atoms with Crippen LogP contribution in [0.3, 0.4) is 0 Å². The molecule has 1 aliphatic heterocycles. The number of benzene rings is 2. The molecule has 2 aromatic carbocycles. The zero-order valence-corrected chi connectivity index (χ0v) is 14.9. The van der Waals surface area contributed by atoms with Crippen molar-refractivity contribution in [3.8, 4) is 11.3 Å². The topological polar surface area (TPSA) is 76.1 Å². The van der Waals surface area contributed by atoms with Gasteiger partial charge in [0, 0.05) is 17.0 Å². The molecular weight excluding hydrogens is 348 g/mol. The van der Waals surface area contributed by atoms with E-state index in [9.17, 15) is 13.2 Å². The standard InChI is InChI=1S/C20H18N2O3S/c23-20(21-15-10-11-26(24,25)13-15)17-12-19(14-6-2-1-3-7-14)22-18-9-5-4-8-16(17)18/h1-9,12,15H,10-11,13H2,(H,21,23)/t15-/m0/s1. The molecule has 0 radical (unpaired) electrons. The number of carbonyl (C=O) groups is 1. The number of sulfone groups is 1. The van der Waals surface area contributed by atoms with Crippen LogP contribution in [-0.4, -0.2) is 36.9 Å². The number of nitrogens with zero attached hydrogens (tertiary/aromatic N) is 1. The third-order valence-electron chi connectivity index (χ3n) is 4.60. The second-order valence-corrected chi connectivity index (χ2v) is 8.74. The van der Waals surface area contributed by atoms with E-state index in [4.69, 9.17) is 0 Å². The Morgan fingerprint density at radius 2 is 1.77 bits per heavy atom. The number of amides is 1. The molecule has 5 nitrogen and oxygen atoms in total. The Kier molecular flexibility index (Phi) is 4.20. The van der Waals surface area contributed by atoms with Crippen molar-refractivity contribution >= 4 is 26.6 Å². The van der Waals surface area contributed by atoms with Crippen LogP contribution in [0.15, 0.2) is 60.7 Å². The van der Waals surface area contributed by atoms with Crippen LogP contribution in [0, 0.1) is 0 Å². The Balaban J connectivity index is 1.74. The molecule has 2 heterocycles. The van der Waals surface area contributed by atoms with Crippen LogP contribution in [0.2, 0.25) is 0 Å². The second kappa shape index (κ2) is 6.53. The molecule has 1 amide bonds. The third-order valence-corrected chi connectivity index (χ3v) is 6.37. The molecule has 132 valence electrons. The van der Waals surface area contributed by atoms with Gasteiger partial charge in [-0.3, -0.25) is 4.79 Å². The highest BCUT2D eigenvalue weighted by Crippen LogP contribution is 2.25. The molecule has 1 aliphatic rings. The minimum atomic E-state index is -3.04. The van der Waals surface area contributed by atoms with E-state index in [1.165, 1.54) is 0 Å². The van der Waals surface area contributed by atoms with Gasteiger partial charge in [-0.25, -0.2) is 13.4 Å². The smallest absolute Gasteiger partial charge is 0.252 e. The molecular formula is C20H18N2O3S. The number of fused-ring (bicyclic) bond motifs is 1. The summed E-state index contributed by atoms with van der Waals surface area (Å²) < 4.78 is 23.3. The lowest BCUT2D eigenvalue weighted by atomic mass is 10.0. The summed E-state index contributed by atoms with van der Waals surface area (Å²) in [7, 11) is -3.04. The summed E-state index contributed by atoms with van der Waals surface area (Å²) in [6.07, 6.45) is 0.461. The first kappa shape index (κ1) is 16.7. The van der Waals surface area contributed by atoms with Crippen LogP contribution in [-0.2, 0) is 9.84 Å². The highest BCUT2D eigenvalue weighted by atomic mass is 32.2. The number of carbonyl (C=O) groups excluding carboxylic acids is 1. The number of nitrogens with one attached hydrogen (secondary N) is 1. The van der Waals surface area contributed by atoms with Crippen LogP contribution < -0.4 is 5.32 Å². The van der Waals surface area contributed by atoms with Gasteiger partial charge < -0.3 is 5.32 Å². The summed E-state index contributed by atoms with van der Waals surface area (Å²) in [6.45, 7) is 0. The summed E-state index contributed by atoms with van der Waals surface area (Å²) in [5.74, 6) is -0.125. The molecule has 1 fully saturated rings. The minimum absolute atomic E-state index is 0.00724.